The van der Waals surface area contributed by atoms with Crippen molar-refractivity contribution in [3.05, 3.63) is 44.2 Å². The Morgan fingerprint density at radius 3 is 3.00 bits per heavy atom. The van der Waals surface area contributed by atoms with Crippen molar-refractivity contribution in [3.8, 4) is 0 Å². The van der Waals surface area contributed by atoms with Gasteiger partial charge in [0.1, 0.15) is 0 Å². The Hall–Kier alpha value is -1.09. The molecule has 1 aliphatic rings. The summed E-state index contributed by atoms with van der Waals surface area (Å²) < 4.78 is 2.62. The maximum absolute atomic E-state index is 12.1. The maximum atomic E-state index is 12.1. The third-order valence-electron chi connectivity index (χ3n) is 3.38. The van der Waals surface area contributed by atoms with E-state index in [4.69, 9.17) is 0 Å². The Bertz CT molecular complexity index is 642. The standard InChI is InChI=1S/C13H12BrNO/c1-8-10-6-2-4-9-5-3-7-15(12(9)10)13(16)11(8)14/h2,4,6H,3,5,7H2,1H3. The van der Waals surface area contributed by atoms with Gasteiger partial charge in [-0.1, -0.05) is 18.2 Å². The van der Waals surface area contributed by atoms with Crippen LogP contribution in [0.1, 0.15) is 17.5 Å². The molecule has 3 heteroatoms. The summed E-state index contributed by atoms with van der Waals surface area (Å²) in [4.78, 5) is 12.1. The van der Waals surface area contributed by atoms with Gasteiger partial charge in [-0.25, -0.2) is 0 Å². The molecule has 1 aliphatic heterocycles. The summed E-state index contributed by atoms with van der Waals surface area (Å²) in [5.41, 5.74) is 3.60. The molecule has 1 aromatic carbocycles. The summed E-state index contributed by atoms with van der Waals surface area (Å²) in [6, 6.07) is 6.31. The lowest BCUT2D eigenvalue weighted by Gasteiger charge is -2.20. The average molecular weight is 278 g/mol. The van der Waals surface area contributed by atoms with Crippen molar-refractivity contribution in [2.24, 2.45) is 0 Å². The molecule has 0 bridgehead atoms. The highest BCUT2D eigenvalue weighted by atomic mass is 79.9. The minimum atomic E-state index is 0.108. The van der Waals surface area contributed by atoms with E-state index >= 15 is 0 Å². The number of benzene rings is 1. The molecule has 82 valence electrons. The first kappa shape index (κ1) is 10.1. The van der Waals surface area contributed by atoms with Crippen molar-refractivity contribution in [1.82, 2.24) is 4.57 Å². The Labute approximate surface area is 102 Å². The molecule has 0 aliphatic carbocycles. The Balaban J connectivity index is 2.62. The highest BCUT2D eigenvalue weighted by Crippen LogP contribution is 2.28. The molecule has 0 amide bonds. The summed E-state index contributed by atoms with van der Waals surface area (Å²) in [6.45, 7) is 2.84. The zero-order valence-electron chi connectivity index (χ0n) is 9.09. The SMILES string of the molecule is Cc1c(Br)c(=O)n2c3c(cccc13)CCC2. The Morgan fingerprint density at radius 1 is 1.38 bits per heavy atom. The third-order valence-corrected chi connectivity index (χ3v) is 4.32. The van der Waals surface area contributed by atoms with Gasteiger partial charge in [0.2, 0.25) is 0 Å². The summed E-state index contributed by atoms with van der Waals surface area (Å²) in [5, 5.41) is 1.20. The van der Waals surface area contributed by atoms with Crippen molar-refractivity contribution in [3.63, 3.8) is 0 Å². The first-order valence-corrected chi connectivity index (χ1v) is 6.30. The van der Waals surface area contributed by atoms with E-state index in [1.807, 2.05) is 11.5 Å². The predicted molar refractivity (Wildman–Crippen MR) is 69.0 cm³/mol. The van der Waals surface area contributed by atoms with Gasteiger partial charge in [-0.05, 0) is 46.8 Å². The summed E-state index contributed by atoms with van der Waals surface area (Å²) in [6.07, 6.45) is 2.14. The van der Waals surface area contributed by atoms with E-state index in [0.717, 1.165) is 30.5 Å². The van der Waals surface area contributed by atoms with Crippen LogP contribution in [0.2, 0.25) is 0 Å². The van der Waals surface area contributed by atoms with Crippen molar-refractivity contribution in [2.75, 3.05) is 0 Å². The molecular formula is C13H12BrNO. The van der Waals surface area contributed by atoms with E-state index < -0.39 is 0 Å². The molecule has 0 atom stereocenters. The van der Waals surface area contributed by atoms with Crippen LogP contribution < -0.4 is 5.56 Å². The number of nitrogens with zero attached hydrogens (tertiary/aromatic N) is 1. The van der Waals surface area contributed by atoms with Crippen LogP contribution in [0.3, 0.4) is 0 Å². The first-order valence-electron chi connectivity index (χ1n) is 5.50. The second-order valence-electron chi connectivity index (χ2n) is 4.31. The summed E-state index contributed by atoms with van der Waals surface area (Å²) in [7, 11) is 0. The fraction of sp³-hybridized carbons (Fsp3) is 0.308. The first-order chi connectivity index (χ1) is 7.70. The van der Waals surface area contributed by atoms with Crippen LogP contribution in [-0.2, 0) is 13.0 Å². The molecule has 1 aromatic heterocycles. The molecule has 0 radical (unpaired) electrons. The van der Waals surface area contributed by atoms with Crippen molar-refractivity contribution in [1.29, 1.82) is 0 Å². The average Bonchev–Trinajstić information content (AvgIpc) is 2.33. The van der Waals surface area contributed by atoms with Gasteiger partial charge in [0.25, 0.3) is 5.56 Å². The van der Waals surface area contributed by atoms with Gasteiger partial charge in [0.15, 0.2) is 0 Å². The van der Waals surface area contributed by atoms with Crippen LogP contribution in [-0.4, -0.2) is 4.57 Å². The number of rotatable bonds is 0. The molecule has 2 aromatic rings. The van der Waals surface area contributed by atoms with Crippen LogP contribution in [0, 0.1) is 6.92 Å². The van der Waals surface area contributed by atoms with Gasteiger partial charge in [0.05, 0.1) is 9.99 Å². The molecule has 2 heterocycles. The zero-order chi connectivity index (χ0) is 11.3. The lowest BCUT2D eigenvalue weighted by molar-refractivity contribution is 0.613. The Kier molecular flexibility index (Phi) is 2.18. The number of hydrogen-bond donors (Lipinski definition) is 0. The van der Waals surface area contributed by atoms with Crippen LogP contribution in [0.5, 0.6) is 0 Å². The monoisotopic (exact) mass is 277 g/mol. The molecule has 0 fully saturated rings. The van der Waals surface area contributed by atoms with Gasteiger partial charge < -0.3 is 4.57 Å². The maximum Gasteiger partial charge on any atom is 0.265 e. The van der Waals surface area contributed by atoms with E-state index in [1.165, 1.54) is 10.9 Å². The normalized spacial score (nSPS) is 14.4. The number of halogens is 1. The highest BCUT2D eigenvalue weighted by Gasteiger charge is 2.17. The van der Waals surface area contributed by atoms with E-state index in [9.17, 15) is 4.79 Å². The molecule has 3 rings (SSSR count). The smallest absolute Gasteiger partial charge is 0.265 e. The molecule has 0 saturated carbocycles. The summed E-state index contributed by atoms with van der Waals surface area (Å²) >= 11 is 3.41. The van der Waals surface area contributed by atoms with Crippen LogP contribution in [0.4, 0.5) is 0 Å². The molecular weight excluding hydrogens is 266 g/mol. The van der Waals surface area contributed by atoms with E-state index in [0.29, 0.717) is 4.47 Å². The van der Waals surface area contributed by atoms with Gasteiger partial charge in [-0.3, -0.25) is 4.79 Å². The molecule has 0 unspecified atom stereocenters. The van der Waals surface area contributed by atoms with Gasteiger partial charge in [0, 0.05) is 11.9 Å². The number of hydrogen-bond acceptors (Lipinski definition) is 1. The quantitative estimate of drug-likeness (QED) is 0.726. The van der Waals surface area contributed by atoms with Crippen molar-refractivity contribution >= 4 is 26.8 Å². The Morgan fingerprint density at radius 2 is 2.19 bits per heavy atom. The minimum Gasteiger partial charge on any atom is -0.307 e. The topological polar surface area (TPSA) is 22.0 Å². The van der Waals surface area contributed by atoms with Crippen LogP contribution in [0.15, 0.2) is 27.5 Å². The summed E-state index contributed by atoms with van der Waals surface area (Å²) in [5.74, 6) is 0. The molecule has 0 spiro atoms. The molecule has 0 saturated heterocycles. The van der Waals surface area contributed by atoms with Gasteiger partial charge >= 0.3 is 0 Å². The second-order valence-corrected chi connectivity index (χ2v) is 5.11. The number of aryl methyl sites for hydroxylation is 3. The number of aromatic nitrogens is 1. The van der Waals surface area contributed by atoms with Crippen LogP contribution >= 0.6 is 15.9 Å². The molecule has 0 N–H and O–H groups in total. The van der Waals surface area contributed by atoms with Gasteiger partial charge in [-0.15, -0.1) is 0 Å². The minimum absolute atomic E-state index is 0.108. The van der Waals surface area contributed by atoms with Crippen molar-refractivity contribution < 1.29 is 0 Å². The lowest BCUT2D eigenvalue weighted by Crippen LogP contribution is -2.25. The fourth-order valence-corrected chi connectivity index (χ4v) is 2.98. The van der Waals surface area contributed by atoms with E-state index in [2.05, 4.69) is 34.1 Å². The zero-order valence-corrected chi connectivity index (χ0v) is 10.7. The number of para-hydroxylation sites is 1. The molecule has 2 nitrogen and oxygen atoms in total. The van der Waals surface area contributed by atoms with Crippen molar-refractivity contribution in [2.45, 2.75) is 26.3 Å². The van der Waals surface area contributed by atoms with Gasteiger partial charge in [-0.2, -0.15) is 0 Å². The highest BCUT2D eigenvalue weighted by molar-refractivity contribution is 9.10. The molecule has 16 heavy (non-hydrogen) atoms. The number of pyridine rings is 1. The van der Waals surface area contributed by atoms with E-state index in [1.54, 1.807) is 0 Å². The lowest BCUT2D eigenvalue weighted by atomic mass is 9.99. The van der Waals surface area contributed by atoms with E-state index in [-0.39, 0.29) is 5.56 Å². The fourth-order valence-electron chi connectivity index (χ4n) is 2.55. The van der Waals surface area contributed by atoms with Crippen LogP contribution in [0.25, 0.3) is 10.9 Å². The predicted octanol–water partition coefficient (Wildman–Crippen LogP) is 3.02. The third kappa shape index (κ3) is 1.21. The largest absolute Gasteiger partial charge is 0.307 e. The second kappa shape index (κ2) is 3.45.